The zero-order valence-electron chi connectivity index (χ0n) is 8.81. The fourth-order valence-electron chi connectivity index (χ4n) is 0.939. The lowest BCUT2D eigenvalue weighted by molar-refractivity contribution is 0.367. The van der Waals surface area contributed by atoms with Gasteiger partial charge in [0.2, 0.25) is 11.8 Å². The first kappa shape index (κ1) is 11.6. The molecule has 0 aliphatic heterocycles. The summed E-state index contributed by atoms with van der Waals surface area (Å²) in [5.74, 6) is 1.39. The van der Waals surface area contributed by atoms with Crippen molar-refractivity contribution in [2.75, 3.05) is 21.3 Å². The van der Waals surface area contributed by atoms with Gasteiger partial charge < -0.3 is 14.2 Å². The van der Waals surface area contributed by atoms with Gasteiger partial charge in [0.1, 0.15) is 5.82 Å². The van der Waals surface area contributed by atoms with Crippen molar-refractivity contribution in [1.82, 2.24) is 9.97 Å². The maximum absolute atomic E-state index is 5.00. The van der Waals surface area contributed by atoms with Crippen molar-refractivity contribution in [3.63, 3.8) is 0 Å². The van der Waals surface area contributed by atoms with Crippen LogP contribution >= 0.6 is 12.2 Å². The molecule has 5 nitrogen and oxygen atoms in total. The van der Waals surface area contributed by atoms with Crippen molar-refractivity contribution in [3.05, 3.63) is 11.9 Å². The molecule has 0 aliphatic carbocycles. The Bertz CT molecular complexity index is 335. The Labute approximate surface area is 93.4 Å². The highest BCUT2D eigenvalue weighted by molar-refractivity contribution is 7.80. The average Bonchev–Trinajstić information content (AvgIpc) is 2.28. The molecule has 0 unspecified atom stereocenters. The third kappa shape index (κ3) is 3.32. The molecule has 0 spiro atoms. The molecule has 0 saturated heterocycles. The fourth-order valence-corrected chi connectivity index (χ4v) is 1.07. The molecule has 1 rings (SSSR count). The van der Waals surface area contributed by atoms with Crippen molar-refractivity contribution in [2.45, 2.75) is 6.42 Å². The third-order valence-electron chi connectivity index (χ3n) is 1.67. The topological polar surface area (TPSA) is 53.5 Å². The normalized spacial score (nSPS) is 9.53. The molecule has 0 fully saturated rings. The second kappa shape index (κ2) is 5.45. The first-order valence-electron chi connectivity index (χ1n) is 4.22. The number of hydrogen-bond acceptors (Lipinski definition) is 6. The number of aromatic nitrogens is 2. The SMILES string of the molecule is COC(=S)Cc1nc(OC)cc(OC)n1. The van der Waals surface area contributed by atoms with Gasteiger partial charge in [-0.25, -0.2) is 0 Å². The lowest BCUT2D eigenvalue weighted by Gasteiger charge is -2.06. The van der Waals surface area contributed by atoms with Crippen LogP contribution < -0.4 is 9.47 Å². The van der Waals surface area contributed by atoms with E-state index in [2.05, 4.69) is 9.97 Å². The predicted molar refractivity (Wildman–Crippen MR) is 58.4 cm³/mol. The van der Waals surface area contributed by atoms with Gasteiger partial charge in [0.25, 0.3) is 0 Å². The Morgan fingerprint density at radius 3 is 2.13 bits per heavy atom. The van der Waals surface area contributed by atoms with Crippen LogP contribution in [-0.4, -0.2) is 36.3 Å². The summed E-state index contributed by atoms with van der Waals surface area (Å²) in [4.78, 5) is 8.21. The summed E-state index contributed by atoms with van der Waals surface area (Å²) >= 11 is 4.91. The largest absolute Gasteiger partial charge is 0.490 e. The summed E-state index contributed by atoms with van der Waals surface area (Å²) in [6.45, 7) is 0. The molecule has 0 N–H and O–H groups in total. The Morgan fingerprint density at radius 1 is 1.20 bits per heavy atom. The highest BCUT2D eigenvalue weighted by Crippen LogP contribution is 2.15. The van der Waals surface area contributed by atoms with Crippen LogP contribution in [-0.2, 0) is 11.2 Å². The molecule has 1 heterocycles. The summed E-state index contributed by atoms with van der Waals surface area (Å²) in [6, 6.07) is 1.60. The minimum Gasteiger partial charge on any atom is -0.490 e. The number of hydrogen-bond donors (Lipinski definition) is 0. The summed E-state index contributed by atoms with van der Waals surface area (Å²) in [5, 5.41) is 0.422. The lowest BCUT2D eigenvalue weighted by Crippen LogP contribution is -2.07. The summed E-state index contributed by atoms with van der Waals surface area (Å²) in [6.07, 6.45) is 0.361. The first-order valence-corrected chi connectivity index (χ1v) is 4.63. The first-order chi connectivity index (χ1) is 7.19. The molecule has 82 valence electrons. The monoisotopic (exact) mass is 228 g/mol. The summed E-state index contributed by atoms with van der Waals surface area (Å²) in [7, 11) is 4.57. The molecule has 6 heteroatoms. The summed E-state index contributed by atoms with van der Waals surface area (Å²) < 4.78 is 14.9. The van der Waals surface area contributed by atoms with E-state index in [4.69, 9.17) is 26.4 Å². The van der Waals surface area contributed by atoms with Crippen LogP contribution in [0.15, 0.2) is 6.07 Å². The van der Waals surface area contributed by atoms with Gasteiger partial charge in [0.15, 0.2) is 5.05 Å². The summed E-state index contributed by atoms with van der Waals surface area (Å²) in [5.41, 5.74) is 0. The number of methoxy groups -OCH3 is 3. The third-order valence-corrected chi connectivity index (χ3v) is 1.98. The van der Waals surface area contributed by atoms with Gasteiger partial charge in [-0.15, -0.1) is 0 Å². The van der Waals surface area contributed by atoms with E-state index in [1.807, 2.05) is 0 Å². The van der Waals surface area contributed by atoms with E-state index < -0.39 is 0 Å². The zero-order valence-corrected chi connectivity index (χ0v) is 9.63. The van der Waals surface area contributed by atoms with Gasteiger partial charge >= 0.3 is 0 Å². The van der Waals surface area contributed by atoms with Crippen LogP contribution in [0.3, 0.4) is 0 Å². The maximum Gasteiger partial charge on any atom is 0.220 e. The van der Waals surface area contributed by atoms with Crippen LogP contribution in [0.1, 0.15) is 5.82 Å². The Balaban J connectivity index is 2.91. The number of thiocarbonyl (C=S) groups is 1. The molecule has 0 amide bonds. The highest BCUT2D eigenvalue weighted by Gasteiger charge is 2.07. The number of nitrogens with zero attached hydrogens (tertiary/aromatic N) is 2. The molecular formula is C9H12N2O3S. The van der Waals surface area contributed by atoms with Crippen LogP contribution in [0, 0.1) is 0 Å². The quantitative estimate of drug-likeness (QED) is 0.717. The van der Waals surface area contributed by atoms with E-state index in [1.165, 1.54) is 21.3 Å². The number of ether oxygens (including phenoxy) is 3. The van der Waals surface area contributed by atoms with Gasteiger partial charge in [-0.2, -0.15) is 9.97 Å². The molecule has 1 aromatic rings. The van der Waals surface area contributed by atoms with E-state index in [0.29, 0.717) is 29.1 Å². The van der Waals surface area contributed by atoms with Crippen molar-refractivity contribution in [2.24, 2.45) is 0 Å². The van der Waals surface area contributed by atoms with Crippen molar-refractivity contribution < 1.29 is 14.2 Å². The van der Waals surface area contributed by atoms with Crippen molar-refractivity contribution in [3.8, 4) is 11.8 Å². The van der Waals surface area contributed by atoms with Gasteiger partial charge in [0, 0.05) is 0 Å². The fraction of sp³-hybridized carbons (Fsp3) is 0.444. The van der Waals surface area contributed by atoms with E-state index in [9.17, 15) is 0 Å². The molecule has 0 atom stereocenters. The van der Waals surface area contributed by atoms with E-state index >= 15 is 0 Å². The molecule has 0 aliphatic rings. The van der Waals surface area contributed by atoms with E-state index in [1.54, 1.807) is 6.07 Å². The second-order valence-electron chi connectivity index (χ2n) is 2.62. The maximum atomic E-state index is 5.00. The van der Waals surface area contributed by atoms with Gasteiger partial charge in [0.05, 0.1) is 33.8 Å². The average molecular weight is 228 g/mol. The Kier molecular flexibility index (Phi) is 4.23. The predicted octanol–water partition coefficient (Wildman–Crippen LogP) is 1.01. The van der Waals surface area contributed by atoms with Crippen LogP contribution in [0.4, 0.5) is 0 Å². The standard InChI is InChI=1S/C9H12N2O3S/c1-12-7-5-8(13-2)11-6(10-7)4-9(15)14-3/h5H,4H2,1-3H3. The molecule has 15 heavy (non-hydrogen) atoms. The highest BCUT2D eigenvalue weighted by atomic mass is 32.1. The Morgan fingerprint density at radius 2 is 1.73 bits per heavy atom. The Hall–Kier alpha value is -1.43. The molecule has 0 bridgehead atoms. The molecule has 0 radical (unpaired) electrons. The lowest BCUT2D eigenvalue weighted by atomic mass is 10.4. The smallest absolute Gasteiger partial charge is 0.220 e. The van der Waals surface area contributed by atoms with Gasteiger partial charge in [-0.05, 0) is 12.2 Å². The van der Waals surface area contributed by atoms with Crippen molar-refractivity contribution >= 4 is 17.3 Å². The number of rotatable bonds is 4. The van der Waals surface area contributed by atoms with E-state index in [0.717, 1.165) is 0 Å². The van der Waals surface area contributed by atoms with Crippen LogP contribution in [0.25, 0.3) is 0 Å². The second-order valence-corrected chi connectivity index (χ2v) is 3.08. The molecule has 0 aromatic carbocycles. The minimum absolute atomic E-state index is 0.361. The van der Waals surface area contributed by atoms with E-state index in [-0.39, 0.29) is 0 Å². The van der Waals surface area contributed by atoms with Gasteiger partial charge in [-0.3, -0.25) is 0 Å². The molecule has 1 aromatic heterocycles. The van der Waals surface area contributed by atoms with Crippen LogP contribution in [0.2, 0.25) is 0 Å². The molecular weight excluding hydrogens is 216 g/mol. The van der Waals surface area contributed by atoms with Crippen molar-refractivity contribution in [1.29, 1.82) is 0 Å². The zero-order chi connectivity index (χ0) is 11.3. The minimum atomic E-state index is 0.361. The van der Waals surface area contributed by atoms with Crippen LogP contribution in [0.5, 0.6) is 11.8 Å². The molecule has 0 saturated carbocycles. The van der Waals surface area contributed by atoms with Gasteiger partial charge in [-0.1, -0.05) is 0 Å².